The van der Waals surface area contributed by atoms with E-state index in [4.69, 9.17) is 8.23 Å². The number of hydrogen-bond acceptors (Lipinski definition) is 4. The summed E-state index contributed by atoms with van der Waals surface area (Å²) in [5, 5.41) is 0. The van der Waals surface area contributed by atoms with Gasteiger partial charge in [-0.3, -0.25) is 9.59 Å². The van der Waals surface area contributed by atoms with Crippen molar-refractivity contribution in [3.63, 3.8) is 0 Å². The van der Waals surface area contributed by atoms with E-state index in [0.717, 1.165) is 6.04 Å². The molecular formula is C22H40O4Si3. The first-order valence-corrected chi connectivity index (χ1v) is 19.9. The lowest BCUT2D eigenvalue weighted by atomic mass is 10.0. The van der Waals surface area contributed by atoms with Gasteiger partial charge in [-0.2, -0.15) is 0 Å². The lowest BCUT2D eigenvalue weighted by Crippen LogP contribution is -2.52. The first-order chi connectivity index (χ1) is 13.3. The van der Waals surface area contributed by atoms with Gasteiger partial charge in [0.25, 0.3) is 0 Å². The summed E-state index contributed by atoms with van der Waals surface area (Å²) < 4.78 is 13.2. The molecule has 0 aliphatic rings. The predicted molar refractivity (Wildman–Crippen MR) is 129 cm³/mol. The molecule has 0 fully saturated rings. The zero-order chi connectivity index (χ0) is 22.3. The number of hydrogen-bond donors (Lipinski definition) is 0. The van der Waals surface area contributed by atoms with Crippen molar-refractivity contribution in [1.29, 1.82) is 0 Å². The van der Waals surface area contributed by atoms with E-state index in [2.05, 4.69) is 46.2 Å². The Bertz CT molecular complexity index is 699. The molecule has 0 saturated heterocycles. The van der Waals surface area contributed by atoms with E-state index in [-0.39, 0.29) is 11.6 Å². The minimum absolute atomic E-state index is 0.0201. The van der Waals surface area contributed by atoms with Crippen LogP contribution in [0.5, 0.6) is 0 Å². The van der Waals surface area contributed by atoms with Crippen LogP contribution in [0.4, 0.5) is 0 Å². The van der Waals surface area contributed by atoms with Crippen molar-refractivity contribution >= 4 is 36.8 Å². The number of Topliss-reactive ketones (excluding diaryl/α,β-unsaturated/α-hetero) is 2. The van der Waals surface area contributed by atoms with Crippen LogP contribution in [0.2, 0.25) is 51.4 Å². The third kappa shape index (κ3) is 10.1. The van der Waals surface area contributed by atoms with Crippen molar-refractivity contribution in [1.82, 2.24) is 0 Å². The molecule has 0 amide bonds. The Morgan fingerprint density at radius 1 is 0.862 bits per heavy atom. The highest BCUT2D eigenvalue weighted by Crippen LogP contribution is 2.27. The SMILES string of the molecule is CCCCC[Si](C)(C)O[Si](C)(C)O[Si](C)(C)CCC(=O)c1cccc(C(C)=O)c1. The smallest absolute Gasteiger partial charge is 0.311 e. The fraction of sp³-hybridized carbons (Fsp3) is 0.636. The summed E-state index contributed by atoms with van der Waals surface area (Å²) in [5.41, 5.74) is 1.19. The second-order valence-corrected chi connectivity index (χ2v) is 22.1. The third-order valence-electron chi connectivity index (χ3n) is 4.97. The van der Waals surface area contributed by atoms with Crippen LogP contribution in [0.25, 0.3) is 0 Å². The summed E-state index contributed by atoms with van der Waals surface area (Å²) in [6.45, 7) is 17.0. The molecule has 1 aromatic rings. The first-order valence-electron chi connectivity index (χ1n) is 10.8. The van der Waals surface area contributed by atoms with Crippen LogP contribution in [-0.2, 0) is 8.23 Å². The molecule has 29 heavy (non-hydrogen) atoms. The van der Waals surface area contributed by atoms with Gasteiger partial charge >= 0.3 is 8.56 Å². The monoisotopic (exact) mass is 452 g/mol. The molecule has 0 aromatic heterocycles. The molecule has 0 heterocycles. The van der Waals surface area contributed by atoms with Gasteiger partial charge in [-0.15, -0.1) is 0 Å². The van der Waals surface area contributed by atoms with Gasteiger partial charge in [0.2, 0.25) is 0 Å². The molecule has 1 rings (SSSR count). The van der Waals surface area contributed by atoms with Crippen LogP contribution in [0, 0.1) is 0 Å². The summed E-state index contributed by atoms with van der Waals surface area (Å²) in [6.07, 6.45) is 4.16. The normalized spacial score (nSPS) is 12.8. The maximum atomic E-state index is 12.6. The lowest BCUT2D eigenvalue weighted by Gasteiger charge is -2.38. The standard InChI is InChI=1S/C22H40O4Si3/c1-9-10-11-16-27(3,4)25-29(7,8)26-28(5,6)17-15-22(24)21-14-12-13-20(18-21)19(2)23/h12-14,18H,9-11,15-17H2,1-8H3. The van der Waals surface area contributed by atoms with Gasteiger partial charge in [0.05, 0.1) is 0 Å². The van der Waals surface area contributed by atoms with Crippen molar-refractivity contribution < 1.29 is 17.8 Å². The first kappa shape index (κ1) is 26.2. The van der Waals surface area contributed by atoms with Crippen LogP contribution in [-0.4, -0.2) is 36.8 Å². The predicted octanol–water partition coefficient (Wildman–Crippen LogP) is 6.80. The van der Waals surface area contributed by atoms with Crippen molar-refractivity contribution in [3.8, 4) is 0 Å². The van der Waals surface area contributed by atoms with Crippen molar-refractivity contribution in [3.05, 3.63) is 35.4 Å². The molecule has 0 spiro atoms. The summed E-state index contributed by atoms with van der Waals surface area (Å²) in [5.74, 6) is 0.0558. The Morgan fingerprint density at radius 3 is 1.97 bits per heavy atom. The molecule has 1 aromatic carbocycles. The number of ketones is 2. The molecule has 0 saturated carbocycles. The van der Waals surface area contributed by atoms with E-state index in [9.17, 15) is 9.59 Å². The summed E-state index contributed by atoms with van der Waals surface area (Å²) in [4.78, 5) is 24.2. The zero-order valence-electron chi connectivity index (χ0n) is 19.7. The summed E-state index contributed by atoms with van der Waals surface area (Å²) in [7, 11) is -6.01. The number of carbonyl (C=O) groups is 2. The van der Waals surface area contributed by atoms with Gasteiger partial charge in [0.1, 0.15) is 0 Å². The van der Waals surface area contributed by atoms with E-state index in [0.29, 0.717) is 17.5 Å². The van der Waals surface area contributed by atoms with Crippen LogP contribution in [0.15, 0.2) is 24.3 Å². The van der Waals surface area contributed by atoms with Gasteiger partial charge < -0.3 is 8.23 Å². The van der Waals surface area contributed by atoms with Gasteiger partial charge in [-0.1, -0.05) is 44.4 Å². The second kappa shape index (κ2) is 11.0. The van der Waals surface area contributed by atoms with Crippen molar-refractivity contribution in [2.75, 3.05) is 0 Å². The van der Waals surface area contributed by atoms with E-state index in [1.165, 1.54) is 32.2 Å². The molecule has 4 nitrogen and oxygen atoms in total. The maximum absolute atomic E-state index is 12.6. The maximum Gasteiger partial charge on any atom is 0.311 e. The molecule has 0 N–H and O–H groups in total. The Hall–Kier alpha value is -0.869. The molecule has 0 atom stereocenters. The minimum atomic E-state index is -2.24. The highest BCUT2D eigenvalue weighted by molar-refractivity contribution is 6.87. The van der Waals surface area contributed by atoms with Gasteiger partial charge in [-0.25, -0.2) is 0 Å². The van der Waals surface area contributed by atoms with E-state index in [1.807, 2.05) is 0 Å². The Kier molecular flexibility index (Phi) is 9.88. The Labute approximate surface area is 180 Å². The fourth-order valence-corrected chi connectivity index (χ4v) is 17.7. The molecule has 0 bridgehead atoms. The quantitative estimate of drug-likeness (QED) is 0.188. The van der Waals surface area contributed by atoms with E-state index >= 15 is 0 Å². The zero-order valence-corrected chi connectivity index (χ0v) is 22.7. The average Bonchev–Trinajstić information content (AvgIpc) is 2.58. The minimum Gasteiger partial charge on any atom is -0.437 e. The summed E-state index contributed by atoms with van der Waals surface area (Å²) in [6, 6.07) is 8.95. The number of rotatable bonds is 13. The van der Waals surface area contributed by atoms with Crippen LogP contribution >= 0.6 is 0 Å². The van der Waals surface area contributed by atoms with Crippen molar-refractivity contribution in [2.24, 2.45) is 0 Å². The third-order valence-corrected chi connectivity index (χ3v) is 16.3. The highest BCUT2D eigenvalue weighted by Gasteiger charge is 2.39. The second-order valence-electron chi connectivity index (χ2n) is 9.64. The average molecular weight is 453 g/mol. The Balaban J connectivity index is 2.66. The lowest BCUT2D eigenvalue weighted by molar-refractivity contribution is 0.0986. The number of benzene rings is 1. The molecular weight excluding hydrogens is 412 g/mol. The van der Waals surface area contributed by atoms with Gasteiger partial charge in [0, 0.05) is 17.5 Å². The number of unbranched alkanes of at least 4 members (excludes halogenated alkanes) is 2. The molecule has 7 heteroatoms. The molecule has 0 unspecified atom stereocenters. The van der Waals surface area contributed by atoms with E-state index in [1.54, 1.807) is 24.3 Å². The summed E-state index contributed by atoms with van der Waals surface area (Å²) >= 11 is 0. The van der Waals surface area contributed by atoms with Crippen LogP contribution < -0.4 is 0 Å². The van der Waals surface area contributed by atoms with E-state index < -0.39 is 25.2 Å². The topological polar surface area (TPSA) is 52.6 Å². The molecule has 0 aliphatic carbocycles. The largest absolute Gasteiger partial charge is 0.437 e. The Morgan fingerprint density at radius 2 is 1.41 bits per heavy atom. The van der Waals surface area contributed by atoms with Crippen LogP contribution in [0.3, 0.4) is 0 Å². The van der Waals surface area contributed by atoms with Crippen molar-refractivity contribution in [2.45, 2.75) is 90.9 Å². The van der Waals surface area contributed by atoms with Crippen LogP contribution in [0.1, 0.15) is 60.2 Å². The number of carbonyl (C=O) groups excluding carboxylic acids is 2. The highest BCUT2D eigenvalue weighted by atomic mass is 28.5. The van der Waals surface area contributed by atoms with Gasteiger partial charge in [0.15, 0.2) is 28.2 Å². The molecule has 0 radical (unpaired) electrons. The molecule has 0 aliphatic heterocycles. The molecule has 164 valence electrons. The van der Waals surface area contributed by atoms with Gasteiger partial charge in [-0.05, 0) is 64.4 Å². The fourth-order valence-electron chi connectivity index (χ4n) is 3.72.